The average molecular weight is 531 g/mol. The lowest BCUT2D eigenvalue weighted by Gasteiger charge is -2.26. The van der Waals surface area contributed by atoms with Crippen molar-refractivity contribution in [2.24, 2.45) is 0 Å². The molecule has 1 aliphatic rings. The van der Waals surface area contributed by atoms with E-state index in [1.165, 1.54) is 23.4 Å². The second-order valence-electron chi connectivity index (χ2n) is 8.98. The fourth-order valence-corrected chi connectivity index (χ4v) is 4.40. The first-order chi connectivity index (χ1) is 18.8. The van der Waals surface area contributed by atoms with Gasteiger partial charge in [-0.3, -0.25) is 19.5 Å². The van der Waals surface area contributed by atoms with Crippen LogP contribution < -0.4 is 14.4 Å². The molecule has 1 atom stereocenters. The van der Waals surface area contributed by atoms with Crippen LogP contribution in [0.5, 0.6) is 11.5 Å². The zero-order chi connectivity index (χ0) is 28.1. The third kappa shape index (κ3) is 5.62. The number of carbonyl (C=O) groups excluding carboxylic acids is 3. The van der Waals surface area contributed by atoms with E-state index in [9.17, 15) is 19.5 Å². The Morgan fingerprint density at radius 2 is 1.72 bits per heavy atom. The summed E-state index contributed by atoms with van der Waals surface area (Å²) in [6, 6.07) is 13.5. The number of anilines is 1. The van der Waals surface area contributed by atoms with Gasteiger partial charge in [-0.2, -0.15) is 0 Å². The number of aliphatic hydroxyl groups is 1. The van der Waals surface area contributed by atoms with Gasteiger partial charge < -0.3 is 19.3 Å². The number of amides is 1. The normalized spacial score (nSPS) is 16.4. The predicted octanol–water partition coefficient (Wildman–Crippen LogP) is 5.07. The van der Waals surface area contributed by atoms with Crippen molar-refractivity contribution >= 4 is 29.1 Å². The number of nitrogens with zero attached hydrogens (tertiary/aromatic N) is 2. The first kappa shape index (κ1) is 27.4. The fourth-order valence-electron chi connectivity index (χ4n) is 4.40. The Labute approximate surface area is 226 Å². The summed E-state index contributed by atoms with van der Waals surface area (Å²) in [4.78, 5) is 44.9. The van der Waals surface area contributed by atoms with E-state index in [0.717, 1.165) is 0 Å². The van der Waals surface area contributed by atoms with Crippen LogP contribution in [-0.2, 0) is 14.3 Å². The highest BCUT2D eigenvalue weighted by atomic mass is 16.5. The van der Waals surface area contributed by atoms with Crippen molar-refractivity contribution in [3.05, 3.63) is 89.3 Å². The van der Waals surface area contributed by atoms with Gasteiger partial charge in [-0.15, -0.1) is 0 Å². The fraction of sp³-hybridized carbons (Fsp3) is 0.267. The molecule has 1 saturated heterocycles. The average Bonchev–Trinajstić information content (AvgIpc) is 3.19. The van der Waals surface area contributed by atoms with Crippen molar-refractivity contribution in [2.75, 3.05) is 18.1 Å². The summed E-state index contributed by atoms with van der Waals surface area (Å²) in [6.07, 6.45) is 2.74. The van der Waals surface area contributed by atoms with Crippen LogP contribution in [0.3, 0.4) is 0 Å². The number of esters is 1. The Balaban J connectivity index is 1.89. The van der Waals surface area contributed by atoms with E-state index in [2.05, 4.69) is 4.98 Å². The molecule has 0 aliphatic carbocycles. The number of aromatic nitrogens is 1. The van der Waals surface area contributed by atoms with Gasteiger partial charge in [0, 0.05) is 24.1 Å². The van der Waals surface area contributed by atoms with Gasteiger partial charge >= 0.3 is 5.97 Å². The molecular weight excluding hydrogens is 500 g/mol. The van der Waals surface area contributed by atoms with Crippen molar-refractivity contribution in [2.45, 2.75) is 39.8 Å². The predicted molar refractivity (Wildman–Crippen MR) is 145 cm³/mol. The lowest BCUT2D eigenvalue weighted by Crippen LogP contribution is -2.29. The molecule has 1 N–H and O–H groups in total. The van der Waals surface area contributed by atoms with E-state index in [1.807, 2.05) is 6.92 Å². The SMILES string of the molecule is CCOc1ccc(/C(O)=C2/C(=O)C(=O)N(c3cccc(C(=O)OC(C)C)c3)C2c2ccncc2)c(OCC)c1. The van der Waals surface area contributed by atoms with Crippen molar-refractivity contribution < 1.29 is 33.7 Å². The van der Waals surface area contributed by atoms with Gasteiger partial charge in [-0.1, -0.05) is 6.07 Å². The Hall–Kier alpha value is -4.66. The molecule has 1 aliphatic heterocycles. The van der Waals surface area contributed by atoms with Crippen LogP contribution in [0.15, 0.2) is 72.6 Å². The summed E-state index contributed by atoms with van der Waals surface area (Å²) in [5, 5.41) is 11.5. The zero-order valence-electron chi connectivity index (χ0n) is 22.2. The van der Waals surface area contributed by atoms with Crippen LogP contribution in [0.2, 0.25) is 0 Å². The number of hydrogen-bond acceptors (Lipinski definition) is 8. The Kier molecular flexibility index (Phi) is 8.29. The molecule has 4 rings (SSSR count). The van der Waals surface area contributed by atoms with Crippen molar-refractivity contribution in [3.63, 3.8) is 0 Å². The molecule has 39 heavy (non-hydrogen) atoms. The van der Waals surface area contributed by atoms with Crippen molar-refractivity contribution in [1.82, 2.24) is 4.98 Å². The number of carbonyl (C=O) groups is 3. The first-order valence-corrected chi connectivity index (χ1v) is 12.7. The molecule has 3 aromatic rings. The lowest BCUT2D eigenvalue weighted by atomic mass is 9.95. The zero-order valence-corrected chi connectivity index (χ0v) is 22.2. The molecule has 202 valence electrons. The van der Waals surface area contributed by atoms with Gasteiger partial charge in [-0.25, -0.2) is 4.79 Å². The molecule has 1 fully saturated rings. The van der Waals surface area contributed by atoms with Crippen molar-refractivity contribution in [3.8, 4) is 11.5 Å². The van der Waals surface area contributed by atoms with Crippen LogP contribution in [0.25, 0.3) is 5.76 Å². The molecule has 2 heterocycles. The second kappa shape index (κ2) is 11.8. The number of hydrogen-bond donors (Lipinski definition) is 1. The highest BCUT2D eigenvalue weighted by molar-refractivity contribution is 6.51. The van der Waals surface area contributed by atoms with Gasteiger partial charge in [0.1, 0.15) is 17.3 Å². The molecule has 2 aromatic carbocycles. The highest BCUT2D eigenvalue weighted by Gasteiger charge is 2.47. The topological polar surface area (TPSA) is 115 Å². The minimum atomic E-state index is -0.995. The maximum absolute atomic E-state index is 13.5. The number of benzene rings is 2. The largest absolute Gasteiger partial charge is 0.507 e. The molecule has 0 saturated carbocycles. The van der Waals surface area contributed by atoms with E-state index in [1.54, 1.807) is 69.3 Å². The number of rotatable bonds is 9. The number of ether oxygens (including phenoxy) is 3. The van der Waals surface area contributed by atoms with Crippen LogP contribution in [0, 0.1) is 0 Å². The summed E-state index contributed by atoms with van der Waals surface area (Å²) in [7, 11) is 0. The van der Waals surface area contributed by atoms with Crippen molar-refractivity contribution in [1.29, 1.82) is 0 Å². The van der Waals surface area contributed by atoms with E-state index in [4.69, 9.17) is 14.2 Å². The van der Waals surface area contributed by atoms with Gasteiger partial charge in [0.15, 0.2) is 0 Å². The van der Waals surface area contributed by atoms with Gasteiger partial charge in [0.05, 0.1) is 42.1 Å². The maximum atomic E-state index is 13.5. The van der Waals surface area contributed by atoms with E-state index in [-0.39, 0.29) is 28.6 Å². The third-order valence-corrected chi connectivity index (χ3v) is 5.99. The summed E-state index contributed by atoms with van der Waals surface area (Å²) >= 11 is 0. The molecule has 1 unspecified atom stereocenters. The van der Waals surface area contributed by atoms with Gasteiger partial charge in [0.25, 0.3) is 11.7 Å². The molecule has 9 heteroatoms. The summed E-state index contributed by atoms with van der Waals surface area (Å²) < 4.78 is 16.6. The minimum Gasteiger partial charge on any atom is -0.507 e. The number of Topliss-reactive ketones (excluding diaryl/α,β-unsaturated/α-hetero) is 1. The molecule has 0 radical (unpaired) electrons. The minimum absolute atomic E-state index is 0.119. The molecule has 1 amide bonds. The summed E-state index contributed by atoms with van der Waals surface area (Å²) in [5.74, 6) is -1.83. The molecule has 0 spiro atoms. The Morgan fingerprint density at radius 1 is 1.00 bits per heavy atom. The van der Waals surface area contributed by atoms with E-state index >= 15 is 0 Å². The van der Waals surface area contributed by atoms with E-state index in [0.29, 0.717) is 36.0 Å². The van der Waals surface area contributed by atoms with Gasteiger partial charge in [0.2, 0.25) is 0 Å². The number of pyridine rings is 1. The molecule has 1 aromatic heterocycles. The van der Waals surface area contributed by atoms with Crippen LogP contribution in [0.1, 0.15) is 55.2 Å². The monoisotopic (exact) mass is 530 g/mol. The highest BCUT2D eigenvalue weighted by Crippen LogP contribution is 2.43. The van der Waals surface area contributed by atoms with Crippen LogP contribution in [0.4, 0.5) is 5.69 Å². The molecule has 0 bridgehead atoms. The van der Waals surface area contributed by atoms with Gasteiger partial charge in [-0.05, 0) is 75.7 Å². The number of aliphatic hydroxyl groups excluding tert-OH is 1. The molecule has 9 nitrogen and oxygen atoms in total. The summed E-state index contributed by atoms with van der Waals surface area (Å²) in [6.45, 7) is 7.86. The third-order valence-electron chi connectivity index (χ3n) is 5.99. The number of ketones is 1. The summed E-state index contributed by atoms with van der Waals surface area (Å²) in [5.41, 5.74) is 1.19. The Bertz CT molecular complexity index is 1420. The van der Waals surface area contributed by atoms with Crippen LogP contribution >= 0.6 is 0 Å². The lowest BCUT2D eigenvalue weighted by molar-refractivity contribution is -0.132. The molecular formula is C30H30N2O7. The standard InChI is InChI=1S/C30H30N2O7/c1-5-37-22-10-11-23(24(17-22)38-6-2)27(33)25-26(19-12-14-31-15-13-19)32(29(35)28(25)34)21-9-7-8-20(16-21)30(36)39-18(3)4/h7-18,26,33H,5-6H2,1-4H3/b27-25-. The van der Waals surface area contributed by atoms with E-state index < -0.39 is 23.7 Å². The smallest absolute Gasteiger partial charge is 0.338 e. The first-order valence-electron chi connectivity index (χ1n) is 12.7. The quantitative estimate of drug-likeness (QED) is 0.176. The maximum Gasteiger partial charge on any atom is 0.338 e. The second-order valence-corrected chi connectivity index (χ2v) is 8.98. The van der Waals surface area contributed by atoms with Crippen LogP contribution in [-0.4, -0.2) is 47.1 Å². The Morgan fingerprint density at radius 3 is 2.38 bits per heavy atom.